The minimum absolute atomic E-state index is 0.129. The first-order chi connectivity index (χ1) is 21.5. The fraction of sp³-hybridized carbons (Fsp3) is 0.267. The number of halogens is 2. The van der Waals surface area contributed by atoms with Crippen molar-refractivity contribution in [2.45, 2.75) is 18.9 Å². The number of aromatic amines is 1. The van der Waals surface area contributed by atoms with Gasteiger partial charge in [0.15, 0.2) is 0 Å². The molecule has 4 heterocycles. The minimum atomic E-state index is -0.772. The third kappa shape index (κ3) is 8.16. The van der Waals surface area contributed by atoms with Crippen molar-refractivity contribution in [3.05, 3.63) is 86.8 Å². The maximum atomic E-state index is 14.0. The lowest BCUT2D eigenvalue weighted by Crippen LogP contribution is -2.41. The number of anilines is 3. The zero-order chi connectivity index (χ0) is 32.1. The van der Waals surface area contributed by atoms with Crippen LogP contribution < -0.4 is 21.3 Å². The Kier molecular flexibility index (Phi) is 9.98. The molecule has 0 saturated carbocycles. The number of rotatable bonds is 10. The van der Waals surface area contributed by atoms with E-state index < -0.39 is 23.5 Å². The molecule has 3 aromatic heterocycles. The fourth-order valence-electron chi connectivity index (χ4n) is 4.80. The number of thiophene rings is 1. The Bertz CT molecular complexity index is 1730. The van der Waals surface area contributed by atoms with Crippen molar-refractivity contribution in [2.75, 3.05) is 42.1 Å². The van der Waals surface area contributed by atoms with Crippen LogP contribution >= 0.6 is 22.9 Å². The van der Waals surface area contributed by atoms with Crippen LogP contribution in [0.5, 0.6) is 0 Å². The second-order valence-corrected chi connectivity index (χ2v) is 11.9. The molecule has 1 saturated heterocycles. The zero-order valence-electron chi connectivity index (χ0n) is 24.2. The highest BCUT2D eigenvalue weighted by atomic mass is 35.5. The molecule has 0 aliphatic carbocycles. The molecule has 5 rings (SSSR count). The van der Waals surface area contributed by atoms with E-state index >= 15 is 0 Å². The summed E-state index contributed by atoms with van der Waals surface area (Å²) >= 11 is 6.86. The lowest BCUT2D eigenvalue weighted by Gasteiger charge is -2.29. The molecule has 0 bridgehead atoms. The van der Waals surface area contributed by atoms with Crippen LogP contribution in [0.15, 0.2) is 54.2 Å². The average molecular weight is 656 g/mol. The number of hydrogen-bond acceptors (Lipinski definition) is 7. The van der Waals surface area contributed by atoms with E-state index in [2.05, 4.69) is 31.2 Å². The van der Waals surface area contributed by atoms with E-state index in [1.165, 1.54) is 30.5 Å². The average Bonchev–Trinajstić information content (AvgIpc) is 3.74. The third-order valence-corrected chi connectivity index (χ3v) is 8.37. The van der Waals surface area contributed by atoms with Gasteiger partial charge in [0.1, 0.15) is 17.2 Å². The summed E-state index contributed by atoms with van der Waals surface area (Å²) in [5.41, 5.74) is 1.40. The number of aliphatic hydroxyl groups is 1. The minimum Gasteiger partial charge on any atom is -0.393 e. The Morgan fingerprint density at radius 1 is 0.978 bits per heavy atom. The molecular formula is C30H31ClFN7O5S. The predicted octanol–water partition coefficient (Wildman–Crippen LogP) is 4.15. The largest absolute Gasteiger partial charge is 0.393 e. The van der Waals surface area contributed by atoms with Crippen molar-refractivity contribution in [1.82, 2.24) is 19.8 Å². The number of carbonyl (C=O) groups excluding carboxylic acids is 4. The SMILES string of the molecule is Cn1cc(NC(=O)c2cc(NC(=O)c3cc(NC(=O)c4ccc(Cl)cc4F)c[nH]3)cs2)cc1C(=O)NCCN1CCC(O)CC1. The Hall–Kier alpha value is -4.50. The number of carbonyl (C=O) groups is 4. The van der Waals surface area contributed by atoms with E-state index in [-0.39, 0.29) is 34.0 Å². The van der Waals surface area contributed by atoms with Gasteiger partial charge < -0.3 is 40.8 Å². The zero-order valence-corrected chi connectivity index (χ0v) is 25.7. The van der Waals surface area contributed by atoms with E-state index in [0.717, 1.165) is 43.3 Å². The van der Waals surface area contributed by atoms with Crippen LogP contribution in [0, 0.1) is 5.82 Å². The summed E-state index contributed by atoms with van der Waals surface area (Å²) in [5, 5.41) is 22.3. The lowest BCUT2D eigenvalue weighted by molar-refractivity contribution is 0.0802. The van der Waals surface area contributed by atoms with Gasteiger partial charge in [0.05, 0.1) is 33.6 Å². The number of nitrogens with one attached hydrogen (secondary N) is 5. The van der Waals surface area contributed by atoms with Crippen LogP contribution in [0.1, 0.15) is 53.8 Å². The summed E-state index contributed by atoms with van der Waals surface area (Å²) in [6.45, 7) is 2.75. The van der Waals surface area contributed by atoms with Crippen molar-refractivity contribution < 1.29 is 28.7 Å². The van der Waals surface area contributed by atoms with E-state index in [1.807, 2.05) is 0 Å². The van der Waals surface area contributed by atoms with Crippen LogP contribution in [-0.4, -0.2) is 75.5 Å². The van der Waals surface area contributed by atoms with Crippen LogP contribution in [0.25, 0.3) is 0 Å². The number of piperidine rings is 1. The van der Waals surface area contributed by atoms with E-state index in [0.29, 0.717) is 35.0 Å². The van der Waals surface area contributed by atoms with Crippen molar-refractivity contribution in [3.8, 4) is 0 Å². The summed E-state index contributed by atoms with van der Waals surface area (Å²) in [6.07, 6.45) is 4.25. The van der Waals surface area contributed by atoms with Gasteiger partial charge in [0, 0.05) is 56.0 Å². The van der Waals surface area contributed by atoms with Gasteiger partial charge >= 0.3 is 0 Å². The van der Waals surface area contributed by atoms with Crippen LogP contribution in [0.2, 0.25) is 5.02 Å². The Labute approximate surface area is 266 Å². The Morgan fingerprint density at radius 3 is 2.47 bits per heavy atom. The van der Waals surface area contributed by atoms with Crippen LogP contribution in [-0.2, 0) is 7.05 Å². The Morgan fingerprint density at radius 2 is 1.71 bits per heavy atom. The monoisotopic (exact) mass is 655 g/mol. The summed E-state index contributed by atoms with van der Waals surface area (Å²) < 4.78 is 15.7. The topological polar surface area (TPSA) is 161 Å². The molecule has 0 radical (unpaired) electrons. The smallest absolute Gasteiger partial charge is 0.272 e. The highest BCUT2D eigenvalue weighted by Crippen LogP contribution is 2.23. The second kappa shape index (κ2) is 14.1. The normalized spacial score (nSPS) is 13.8. The van der Waals surface area contributed by atoms with Gasteiger partial charge in [0.2, 0.25) is 0 Å². The molecule has 236 valence electrons. The number of H-pyrrole nitrogens is 1. The summed E-state index contributed by atoms with van der Waals surface area (Å²) in [7, 11) is 1.71. The highest BCUT2D eigenvalue weighted by Gasteiger charge is 2.19. The molecule has 4 aromatic rings. The number of aliphatic hydroxyl groups excluding tert-OH is 1. The van der Waals surface area contributed by atoms with E-state index in [9.17, 15) is 28.7 Å². The number of benzene rings is 1. The molecular weight excluding hydrogens is 625 g/mol. The van der Waals surface area contributed by atoms with Gasteiger partial charge in [-0.2, -0.15) is 0 Å². The Balaban J connectivity index is 1.11. The molecule has 4 amide bonds. The standard InChI is InChI=1S/C30H31ClFN7O5S/c1-38-15-19(12-25(38)29(43)33-6-9-39-7-4-21(40)5-8-39)36-30(44)26-13-20(16-45-26)37-28(42)24-11-18(14-34-24)35-27(41)22-3-2-17(31)10-23(22)32/h2-3,10-16,21,34,40H,4-9H2,1H3,(H,33,43)(H,35,41)(H,36,44)(H,37,42). The predicted molar refractivity (Wildman–Crippen MR) is 170 cm³/mol. The van der Waals surface area contributed by atoms with Crippen LogP contribution in [0.3, 0.4) is 0 Å². The van der Waals surface area contributed by atoms with Gasteiger partial charge in [0.25, 0.3) is 23.6 Å². The fourth-order valence-corrected chi connectivity index (χ4v) is 5.69. The number of likely N-dealkylation sites (tertiary alicyclic amines) is 1. The summed E-state index contributed by atoms with van der Waals surface area (Å²) in [6, 6.07) is 8.19. The van der Waals surface area contributed by atoms with Gasteiger partial charge in [-0.1, -0.05) is 11.6 Å². The first-order valence-electron chi connectivity index (χ1n) is 14.1. The number of aromatic nitrogens is 2. The molecule has 0 spiro atoms. The molecule has 0 atom stereocenters. The molecule has 1 aromatic carbocycles. The lowest BCUT2D eigenvalue weighted by atomic mass is 10.1. The quantitative estimate of drug-likeness (QED) is 0.151. The van der Waals surface area contributed by atoms with Gasteiger partial charge in [-0.15, -0.1) is 11.3 Å². The van der Waals surface area contributed by atoms with Crippen molar-refractivity contribution in [3.63, 3.8) is 0 Å². The van der Waals surface area contributed by atoms with Gasteiger partial charge in [-0.25, -0.2) is 4.39 Å². The molecule has 1 aliphatic rings. The van der Waals surface area contributed by atoms with Gasteiger partial charge in [-0.05, 0) is 49.2 Å². The molecule has 12 nitrogen and oxygen atoms in total. The third-order valence-electron chi connectivity index (χ3n) is 7.21. The van der Waals surface area contributed by atoms with Gasteiger partial charge in [-0.3, -0.25) is 19.2 Å². The summed E-state index contributed by atoms with van der Waals surface area (Å²) in [5.74, 6) is -2.67. The number of aryl methyl sites for hydroxylation is 1. The highest BCUT2D eigenvalue weighted by molar-refractivity contribution is 7.12. The number of amides is 4. The maximum Gasteiger partial charge on any atom is 0.272 e. The second-order valence-electron chi connectivity index (χ2n) is 10.5. The molecule has 15 heteroatoms. The molecule has 1 aliphatic heterocycles. The first kappa shape index (κ1) is 31.9. The summed E-state index contributed by atoms with van der Waals surface area (Å²) in [4.78, 5) is 56.0. The molecule has 45 heavy (non-hydrogen) atoms. The van der Waals surface area contributed by atoms with Crippen LogP contribution in [0.4, 0.5) is 21.5 Å². The number of nitrogens with zero attached hydrogens (tertiary/aromatic N) is 2. The van der Waals surface area contributed by atoms with Crippen molar-refractivity contribution in [2.24, 2.45) is 7.05 Å². The molecule has 6 N–H and O–H groups in total. The van der Waals surface area contributed by atoms with Crippen molar-refractivity contribution >= 4 is 63.6 Å². The first-order valence-corrected chi connectivity index (χ1v) is 15.3. The molecule has 0 unspecified atom stereocenters. The van der Waals surface area contributed by atoms with Crippen molar-refractivity contribution in [1.29, 1.82) is 0 Å². The van der Waals surface area contributed by atoms with E-state index in [4.69, 9.17) is 11.6 Å². The van der Waals surface area contributed by atoms with E-state index in [1.54, 1.807) is 29.3 Å². The number of hydrogen-bond donors (Lipinski definition) is 6. The molecule has 1 fully saturated rings. The maximum absolute atomic E-state index is 14.0.